The average Bonchev–Trinajstić information content (AvgIpc) is 2.59. The highest BCUT2D eigenvalue weighted by Crippen LogP contribution is 2.36. The lowest BCUT2D eigenvalue weighted by atomic mass is 9.92. The van der Waals surface area contributed by atoms with E-state index in [4.69, 9.17) is 4.74 Å². The molecule has 1 saturated carbocycles. The fourth-order valence-corrected chi connectivity index (χ4v) is 2.82. The summed E-state index contributed by atoms with van der Waals surface area (Å²) in [5, 5.41) is 6.45. The van der Waals surface area contributed by atoms with E-state index in [9.17, 15) is 4.79 Å². The van der Waals surface area contributed by atoms with Crippen LogP contribution in [0.25, 0.3) is 0 Å². The van der Waals surface area contributed by atoms with Gasteiger partial charge in [0.2, 0.25) is 5.91 Å². The van der Waals surface area contributed by atoms with Crippen LogP contribution in [0.1, 0.15) is 39.5 Å². The predicted octanol–water partition coefficient (Wildman–Crippen LogP) is 1.06. The molecule has 98 valence electrons. The van der Waals surface area contributed by atoms with E-state index in [1.54, 1.807) is 0 Å². The van der Waals surface area contributed by atoms with E-state index in [0.717, 1.165) is 26.0 Å². The Morgan fingerprint density at radius 2 is 2.35 bits per heavy atom. The van der Waals surface area contributed by atoms with Gasteiger partial charge in [0.25, 0.3) is 0 Å². The number of morpholine rings is 1. The van der Waals surface area contributed by atoms with Crippen molar-refractivity contribution in [2.75, 3.05) is 19.8 Å². The topological polar surface area (TPSA) is 50.4 Å². The minimum absolute atomic E-state index is 0.163. The van der Waals surface area contributed by atoms with Crippen molar-refractivity contribution in [2.24, 2.45) is 5.41 Å². The van der Waals surface area contributed by atoms with Gasteiger partial charge >= 0.3 is 0 Å². The number of carbonyl (C=O) groups is 1. The van der Waals surface area contributed by atoms with E-state index in [0.29, 0.717) is 24.5 Å². The summed E-state index contributed by atoms with van der Waals surface area (Å²) in [6.45, 7) is 6.82. The molecule has 0 aromatic rings. The number of carbonyl (C=O) groups excluding carboxylic acids is 1. The van der Waals surface area contributed by atoms with Crippen LogP contribution in [0.15, 0.2) is 0 Å². The number of hydrogen-bond acceptors (Lipinski definition) is 3. The predicted molar refractivity (Wildman–Crippen MR) is 66.8 cm³/mol. The average molecular weight is 240 g/mol. The molecule has 1 amide bonds. The first-order valence-corrected chi connectivity index (χ1v) is 6.66. The molecule has 4 heteroatoms. The fraction of sp³-hybridized carbons (Fsp3) is 0.923. The van der Waals surface area contributed by atoms with Crippen LogP contribution in [0.2, 0.25) is 0 Å². The van der Waals surface area contributed by atoms with Gasteiger partial charge in [-0.3, -0.25) is 4.79 Å². The van der Waals surface area contributed by atoms with Crippen LogP contribution in [0.5, 0.6) is 0 Å². The zero-order valence-electron chi connectivity index (χ0n) is 10.9. The molecule has 1 saturated heterocycles. The minimum atomic E-state index is 0.163. The molecule has 2 atom stereocenters. The molecule has 2 fully saturated rings. The lowest BCUT2D eigenvalue weighted by Gasteiger charge is -2.24. The van der Waals surface area contributed by atoms with Crippen LogP contribution in [0.4, 0.5) is 0 Å². The summed E-state index contributed by atoms with van der Waals surface area (Å²) in [6, 6.07) is 0.570. The lowest BCUT2D eigenvalue weighted by Crippen LogP contribution is -2.45. The lowest BCUT2D eigenvalue weighted by molar-refractivity contribution is -0.123. The summed E-state index contributed by atoms with van der Waals surface area (Å²) in [5.74, 6) is 0.163. The Bertz CT molecular complexity index is 273. The van der Waals surface area contributed by atoms with Gasteiger partial charge in [0.05, 0.1) is 13.2 Å². The number of amides is 1. The molecule has 0 aromatic heterocycles. The smallest absolute Gasteiger partial charge is 0.221 e. The van der Waals surface area contributed by atoms with E-state index in [2.05, 4.69) is 24.5 Å². The fourth-order valence-electron chi connectivity index (χ4n) is 2.82. The molecule has 1 heterocycles. The van der Waals surface area contributed by atoms with Gasteiger partial charge in [-0.05, 0) is 24.7 Å². The Kier molecular flexibility index (Phi) is 4.05. The third kappa shape index (κ3) is 3.96. The first kappa shape index (κ1) is 12.8. The Hall–Kier alpha value is -0.610. The molecule has 17 heavy (non-hydrogen) atoms. The van der Waals surface area contributed by atoms with Gasteiger partial charge in [-0.15, -0.1) is 0 Å². The second-order valence-electron chi connectivity index (χ2n) is 6.10. The van der Waals surface area contributed by atoms with Gasteiger partial charge in [-0.2, -0.15) is 0 Å². The minimum Gasteiger partial charge on any atom is -0.378 e. The first-order chi connectivity index (χ1) is 8.05. The maximum absolute atomic E-state index is 11.9. The molecule has 1 aliphatic carbocycles. The van der Waals surface area contributed by atoms with Crippen molar-refractivity contribution in [3.05, 3.63) is 0 Å². The largest absolute Gasteiger partial charge is 0.378 e. The van der Waals surface area contributed by atoms with Gasteiger partial charge in [0.1, 0.15) is 0 Å². The standard InChI is InChI=1S/C13H24N2O2/c1-13(2)4-3-10(8-13)15-12(16)7-11-9-17-6-5-14-11/h10-11,14H,3-9H2,1-2H3,(H,15,16). The zero-order chi connectivity index (χ0) is 12.3. The number of ether oxygens (including phenoxy) is 1. The molecule has 0 aromatic carbocycles. The van der Waals surface area contributed by atoms with E-state index < -0.39 is 0 Å². The van der Waals surface area contributed by atoms with Crippen molar-refractivity contribution in [1.29, 1.82) is 0 Å². The summed E-state index contributed by atoms with van der Waals surface area (Å²) in [4.78, 5) is 11.9. The van der Waals surface area contributed by atoms with Crippen LogP contribution in [-0.2, 0) is 9.53 Å². The van der Waals surface area contributed by atoms with Crippen molar-refractivity contribution in [3.8, 4) is 0 Å². The number of hydrogen-bond donors (Lipinski definition) is 2. The van der Waals surface area contributed by atoms with Gasteiger partial charge in [-0.1, -0.05) is 13.8 Å². The van der Waals surface area contributed by atoms with E-state index >= 15 is 0 Å². The van der Waals surface area contributed by atoms with Gasteiger partial charge in [0.15, 0.2) is 0 Å². The second kappa shape index (κ2) is 5.36. The normalized spacial score (nSPS) is 32.4. The highest BCUT2D eigenvalue weighted by molar-refractivity contribution is 5.77. The molecule has 2 rings (SSSR count). The number of rotatable bonds is 3. The van der Waals surface area contributed by atoms with Crippen molar-refractivity contribution in [1.82, 2.24) is 10.6 Å². The number of nitrogens with one attached hydrogen (secondary N) is 2. The monoisotopic (exact) mass is 240 g/mol. The molecule has 4 nitrogen and oxygen atoms in total. The van der Waals surface area contributed by atoms with E-state index in [-0.39, 0.29) is 11.9 Å². The Morgan fingerprint density at radius 1 is 1.53 bits per heavy atom. The van der Waals surface area contributed by atoms with Crippen LogP contribution in [-0.4, -0.2) is 37.7 Å². The molecule has 0 spiro atoms. The molecule has 2 N–H and O–H groups in total. The van der Waals surface area contributed by atoms with Gasteiger partial charge in [-0.25, -0.2) is 0 Å². The van der Waals surface area contributed by atoms with Crippen LogP contribution in [0, 0.1) is 5.41 Å². The van der Waals surface area contributed by atoms with Crippen molar-refractivity contribution < 1.29 is 9.53 Å². The van der Waals surface area contributed by atoms with Crippen LogP contribution in [0.3, 0.4) is 0 Å². The van der Waals surface area contributed by atoms with Crippen LogP contribution < -0.4 is 10.6 Å². The molecule has 2 aliphatic rings. The van der Waals surface area contributed by atoms with Gasteiger partial charge in [0, 0.05) is 25.0 Å². The molecular formula is C13H24N2O2. The Morgan fingerprint density at radius 3 is 2.94 bits per heavy atom. The zero-order valence-corrected chi connectivity index (χ0v) is 10.9. The quantitative estimate of drug-likeness (QED) is 0.775. The third-order valence-corrected chi connectivity index (χ3v) is 3.76. The Labute approximate surface area is 103 Å². The molecule has 0 bridgehead atoms. The highest BCUT2D eigenvalue weighted by atomic mass is 16.5. The van der Waals surface area contributed by atoms with Crippen molar-refractivity contribution in [3.63, 3.8) is 0 Å². The third-order valence-electron chi connectivity index (χ3n) is 3.76. The van der Waals surface area contributed by atoms with Gasteiger partial charge < -0.3 is 15.4 Å². The van der Waals surface area contributed by atoms with Crippen molar-refractivity contribution in [2.45, 2.75) is 51.6 Å². The Balaban J connectivity index is 1.70. The van der Waals surface area contributed by atoms with Crippen molar-refractivity contribution >= 4 is 5.91 Å². The highest BCUT2D eigenvalue weighted by Gasteiger charge is 2.31. The summed E-state index contributed by atoms with van der Waals surface area (Å²) in [6.07, 6.45) is 3.97. The summed E-state index contributed by atoms with van der Waals surface area (Å²) in [5.41, 5.74) is 0.393. The summed E-state index contributed by atoms with van der Waals surface area (Å²) >= 11 is 0. The first-order valence-electron chi connectivity index (χ1n) is 6.66. The molecule has 1 aliphatic heterocycles. The SMILES string of the molecule is CC1(C)CCC(NC(=O)CC2COCCN2)C1. The molecule has 2 unspecified atom stereocenters. The van der Waals surface area contributed by atoms with E-state index in [1.807, 2.05) is 0 Å². The van der Waals surface area contributed by atoms with E-state index in [1.165, 1.54) is 6.42 Å². The maximum Gasteiger partial charge on any atom is 0.221 e. The summed E-state index contributed by atoms with van der Waals surface area (Å²) in [7, 11) is 0. The summed E-state index contributed by atoms with van der Waals surface area (Å²) < 4.78 is 5.34. The molecular weight excluding hydrogens is 216 g/mol. The van der Waals surface area contributed by atoms with Crippen LogP contribution >= 0.6 is 0 Å². The second-order valence-corrected chi connectivity index (χ2v) is 6.10. The molecule has 0 radical (unpaired) electrons. The maximum atomic E-state index is 11.9.